The van der Waals surface area contributed by atoms with Gasteiger partial charge >= 0.3 is 6.18 Å². The maximum Gasteiger partial charge on any atom is 0.416 e. The standard InChI is InChI=1S/C12H16F3N3O/c13-12(14,15)10(19)6-16-11-8-4-2-1-3-5-9(8)17-7-18-11/h7,10,19H,1-6H2,(H,16,17,18). The van der Waals surface area contributed by atoms with E-state index in [0.717, 1.165) is 43.4 Å². The van der Waals surface area contributed by atoms with Crippen LogP contribution in [-0.2, 0) is 12.8 Å². The van der Waals surface area contributed by atoms with Crippen molar-refractivity contribution in [1.29, 1.82) is 0 Å². The van der Waals surface area contributed by atoms with Gasteiger partial charge in [-0.05, 0) is 25.7 Å². The lowest BCUT2D eigenvalue weighted by Gasteiger charge is -2.17. The van der Waals surface area contributed by atoms with E-state index in [1.54, 1.807) is 0 Å². The molecule has 1 aliphatic carbocycles. The normalized spacial score (nSPS) is 17.5. The molecular formula is C12H16F3N3O. The molecule has 0 bridgehead atoms. The van der Waals surface area contributed by atoms with Gasteiger partial charge in [-0.25, -0.2) is 9.97 Å². The molecule has 2 N–H and O–H groups in total. The Morgan fingerprint density at radius 3 is 2.68 bits per heavy atom. The Labute approximate surface area is 109 Å². The van der Waals surface area contributed by atoms with Crippen molar-refractivity contribution in [2.45, 2.75) is 44.4 Å². The Bertz CT molecular complexity index is 437. The summed E-state index contributed by atoms with van der Waals surface area (Å²) in [6, 6.07) is 0. The first-order chi connectivity index (χ1) is 8.98. The van der Waals surface area contributed by atoms with Crippen LogP contribution < -0.4 is 5.32 Å². The summed E-state index contributed by atoms with van der Waals surface area (Å²) in [7, 11) is 0. The highest BCUT2D eigenvalue weighted by Crippen LogP contribution is 2.25. The Hall–Kier alpha value is -1.37. The van der Waals surface area contributed by atoms with E-state index in [2.05, 4.69) is 15.3 Å². The lowest BCUT2D eigenvalue weighted by Crippen LogP contribution is -2.35. The van der Waals surface area contributed by atoms with E-state index < -0.39 is 18.8 Å². The minimum Gasteiger partial charge on any atom is -0.382 e. The van der Waals surface area contributed by atoms with Crippen LogP contribution in [0.25, 0.3) is 0 Å². The van der Waals surface area contributed by atoms with Gasteiger partial charge in [-0.2, -0.15) is 13.2 Å². The molecule has 0 aliphatic heterocycles. The average Bonchev–Trinajstić information content (AvgIpc) is 2.60. The van der Waals surface area contributed by atoms with Gasteiger partial charge in [-0.15, -0.1) is 0 Å². The second-order valence-corrected chi connectivity index (χ2v) is 4.65. The minimum atomic E-state index is -4.61. The van der Waals surface area contributed by atoms with Crippen molar-refractivity contribution in [3.05, 3.63) is 17.6 Å². The van der Waals surface area contributed by atoms with Crippen LogP contribution in [0.2, 0.25) is 0 Å². The van der Waals surface area contributed by atoms with Gasteiger partial charge in [0.25, 0.3) is 0 Å². The number of nitrogens with zero attached hydrogens (tertiary/aromatic N) is 2. The number of aromatic nitrogens is 2. The third-order valence-electron chi connectivity index (χ3n) is 3.22. The zero-order valence-corrected chi connectivity index (χ0v) is 10.4. The van der Waals surface area contributed by atoms with E-state index >= 15 is 0 Å². The van der Waals surface area contributed by atoms with E-state index in [9.17, 15) is 13.2 Å². The lowest BCUT2D eigenvalue weighted by atomic mass is 10.1. The number of anilines is 1. The second-order valence-electron chi connectivity index (χ2n) is 4.65. The second kappa shape index (κ2) is 5.73. The highest BCUT2D eigenvalue weighted by Gasteiger charge is 2.38. The molecule has 0 fully saturated rings. The molecular weight excluding hydrogens is 259 g/mol. The van der Waals surface area contributed by atoms with E-state index in [1.807, 2.05) is 0 Å². The first-order valence-corrected chi connectivity index (χ1v) is 6.30. The molecule has 2 rings (SSSR count). The van der Waals surface area contributed by atoms with Crippen LogP contribution in [0.5, 0.6) is 0 Å². The Balaban J connectivity index is 2.09. The molecule has 4 nitrogen and oxygen atoms in total. The molecule has 1 aromatic rings. The van der Waals surface area contributed by atoms with Crippen molar-refractivity contribution < 1.29 is 18.3 Å². The monoisotopic (exact) mass is 275 g/mol. The fourth-order valence-corrected chi connectivity index (χ4v) is 2.16. The van der Waals surface area contributed by atoms with Crippen molar-refractivity contribution >= 4 is 5.82 Å². The van der Waals surface area contributed by atoms with Crippen molar-refractivity contribution in [1.82, 2.24) is 9.97 Å². The van der Waals surface area contributed by atoms with Crippen LogP contribution in [0.4, 0.5) is 19.0 Å². The number of rotatable bonds is 3. The first kappa shape index (κ1) is 14.0. The smallest absolute Gasteiger partial charge is 0.382 e. The molecule has 19 heavy (non-hydrogen) atoms. The number of aryl methyl sites for hydroxylation is 1. The zero-order valence-electron chi connectivity index (χ0n) is 10.4. The SMILES string of the molecule is OC(CNc1ncnc2c1CCCCC2)C(F)(F)F. The van der Waals surface area contributed by atoms with Gasteiger partial charge in [0, 0.05) is 11.3 Å². The summed E-state index contributed by atoms with van der Waals surface area (Å²) in [5.41, 5.74) is 1.78. The maximum absolute atomic E-state index is 12.2. The molecule has 0 saturated carbocycles. The number of alkyl halides is 3. The minimum absolute atomic E-state index is 0.412. The van der Waals surface area contributed by atoms with E-state index in [-0.39, 0.29) is 0 Å². The number of fused-ring (bicyclic) bond motifs is 1. The maximum atomic E-state index is 12.2. The van der Waals surface area contributed by atoms with Crippen molar-refractivity contribution in [2.75, 3.05) is 11.9 Å². The van der Waals surface area contributed by atoms with E-state index in [1.165, 1.54) is 6.33 Å². The molecule has 1 atom stereocenters. The van der Waals surface area contributed by atoms with Crippen LogP contribution in [0.1, 0.15) is 30.5 Å². The fraction of sp³-hybridized carbons (Fsp3) is 0.667. The molecule has 0 amide bonds. The molecule has 106 valence electrons. The summed E-state index contributed by atoms with van der Waals surface area (Å²) in [5.74, 6) is 0.412. The topological polar surface area (TPSA) is 58.0 Å². The predicted octanol–water partition coefficient (Wildman–Crippen LogP) is 2.08. The van der Waals surface area contributed by atoms with Crippen molar-refractivity contribution in [3.8, 4) is 0 Å². The number of nitrogens with one attached hydrogen (secondary N) is 1. The summed E-state index contributed by atoms with van der Waals surface area (Å²) in [6.07, 6.45) is -0.950. The van der Waals surface area contributed by atoms with Crippen LogP contribution in [-0.4, -0.2) is 33.9 Å². The molecule has 0 radical (unpaired) electrons. The Morgan fingerprint density at radius 1 is 1.21 bits per heavy atom. The number of aliphatic hydroxyl groups excluding tert-OH is 1. The number of hydrogen-bond donors (Lipinski definition) is 2. The number of aliphatic hydroxyl groups is 1. The number of hydrogen-bond acceptors (Lipinski definition) is 4. The average molecular weight is 275 g/mol. The quantitative estimate of drug-likeness (QED) is 0.829. The Morgan fingerprint density at radius 2 is 1.95 bits per heavy atom. The van der Waals surface area contributed by atoms with E-state index in [0.29, 0.717) is 5.82 Å². The van der Waals surface area contributed by atoms with Crippen molar-refractivity contribution in [3.63, 3.8) is 0 Å². The zero-order chi connectivity index (χ0) is 13.9. The van der Waals surface area contributed by atoms with Crippen LogP contribution in [0.3, 0.4) is 0 Å². The molecule has 1 aliphatic rings. The van der Waals surface area contributed by atoms with Gasteiger partial charge in [-0.3, -0.25) is 0 Å². The van der Waals surface area contributed by atoms with Crippen LogP contribution >= 0.6 is 0 Å². The summed E-state index contributed by atoms with van der Waals surface area (Å²) in [5, 5.41) is 11.6. The first-order valence-electron chi connectivity index (χ1n) is 6.30. The van der Waals surface area contributed by atoms with Gasteiger partial charge in [-0.1, -0.05) is 6.42 Å². The van der Waals surface area contributed by atoms with Crippen molar-refractivity contribution in [2.24, 2.45) is 0 Å². The highest BCUT2D eigenvalue weighted by atomic mass is 19.4. The van der Waals surface area contributed by atoms with Gasteiger partial charge in [0.1, 0.15) is 12.1 Å². The van der Waals surface area contributed by atoms with Gasteiger partial charge in [0.2, 0.25) is 0 Å². The van der Waals surface area contributed by atoms with E-state index in [4.69, 9.17) is 5.11 Å². The summed E-state index contributed by atoms with van der Waals surface area (Å²) in [4.78, 5) is 8.17. The predicted molar refractivity (Wildman–Crippen MR) is 63.8 cm³/mol. The summed E-state index contributed by atoms with van der Waals surface area (Å²) < 4.78 is 36.7. The molecule has 0 saturated heterocycles. The molecule has 1 heterocycles. The van der Waals surface area contributed by atoms with Crippen LogP contribution in [0, 0.1) is 0 Å². The largest absolute Gasteiger partial charge is 0.416 e. The third kappa shape index (κ3) is 3.56. The molecule has 0 spiro atoms. The summed E-state index contributed by atoms with van der Waals surface area (Å²) >= 11 is 0. The van der Waals surface area contributed by atoms with Gasteiger partial charge in [0.05, 0.1) is 6.54 Å². The lowest BCUT2D eigenvalue weighted by molar-refractivity contribution is -0.198. The third-order valence-corrected chi connectivity index (χ3v) is 3.22. The highest BCUT2D eigenvalue weighted by molar-refractivity contribution is 5.46. The van der Waals surface area contributed by atoms with Gasteiger partial charge < -0.3 is 10.4 Å². The van der Waals surface area contributed by atoms with Crippen LogP contribution in [0.15, 0.2) is 6.33 Å². The molecule has 7 heteroatoms. The summed E-state index contributed by atoms with van der Waals surface area (Å²) in [6.45, 7) is -0.590. The molecule has 1 aromatic heterocycles. The number of halogens is 3. The molecule has 1 unspecified atom stereocenters. The molecule has 0 aromatic carbocycles. The van der Waals surface area contributed by atoms with Gasteiger partial charge in [0.15, 0.2) is 6.10 Å². The fourth-order valence-electron chi connectivity index (χ4n) is 2.16. The Kier molecular flexibility index (Phi) is 4.24.